The van der Waals surface area contributed by atoms with E-state index in [9.17, 15) is 9.90 Å². The molecule has 3 N–H and O–H groups in total. The Hall–Kier alpha value is -1.81. The lowest BCUT2D eigenvalue weighted by Gasteiger charge is -2.50. The largest absolute Gasteiger partial charge is 0.496 e. The zero-order valence-corrected chi connectivity index (χ0v) is 14.3. The number of hydrogen-bond acceptors (Lipinski definition) is 3. The second kappa shape index (κ2) is 5.35. The molecular formula is C20H25NO3. The van der Waals surface area contributed by atoms with Crippen LogP contribution in [0.4, 0.5) is 0 Å². The van der Waals surface area contributed by atoms with E-state index in [1.165, 1.54) is 6.42 Å². The molecular weight excluding hydrogens is 302 g/mol. The number of carbonyl (C=O) groups excluding carboxylic acids is 1. The summed E-state index contributed by atoms with van der Waals surface area (Å²) in [5.41, 5.74) is 8.12. The van der Waals surface area contributed by atoms with Crippen molar-refractivity contribution < 1.29 is 14.6 Å². The summed E-state index contributed by atoms with van der Waals surface area (Å²) in [6.45, 7) is 2.36. The van der Waals surface area contributed by atoms with Crippen LogP contribution in [0.5, 0.6) is 5.75 Å². The summed E-state index contributed by atoms with van der Waals surface area (Å²) >= 11 is 0. The first kappa shape index (κ1) is 15.7. The Balaban J connectivity index is 1.80. The van der Waals surface area contributed by atoms with Crippen molar-refractivity contribution in [1.29, 1.82) is 0 Å². The zero-order chi connectivity index (χ0) is 17.1. The van der Waals surface area contributed by atoms with Crippen molar-refractivity contribution in [3.63, 3.8) is 0 Å². The van der Waals surface area contributed by atoms with Crippen LogP contribution in [0.3, 0.4) is 0 Å². The molecule has 24 heavy (non-hydrogen) atoms. The van der Waals surface area contributed by atoms with Crippen LogP contribution in [0.2, 0.25) is 0 Å². The van der Waals surface area contributed by atoms with E-state index in [0.717, 1.165) is 30.4 Å². The van der Waals surface area contributed by atoms with E-state index in [1.54, 1.807) is 13.2 Å². The number of benzene rings is 1. The van der Waals surface area contributed by atoms with Gasteiger partial charge >= 0.3 is 0 Å². The molecule has 0 bridgehead atoms. The highest BCUT2D eigenvalue weighted by molar-refractivity contribution is 5.96. The van der Waals surface area contributed by atoms with Crippen LogP contribution in [0, 0.1) is 17.3 Å². The van der Waals surface area contributed by atoms with Crippen molar-refractivity contribution in [3.8, 4) is 5.75 Å². The van der Waals surface area contributed by atoms with Crippen molar-refractivity contribution in [2.45, 2.75) is 44.6 Å². The highest BCUT2D eigenvalue weighted by Crippen LogP contribution is 2.60. The van der Waals surface area contributed by atoms with Gasteiger partial charge in [-0.15, -0.1) is 0 Å². The normalized spacial score (nSPS) is 36.6. The maximum Gasteiger partial charge on any atom is 0.252 e. The van der Waals surface area contributed by atoms with Gasteiger partial charge in [-0.25, -0.2) is 0 Å². The molecule has 4 rings (SSSR count). The average molecular weight is 327 g/mol. The van der Waals surface area contributed by atoms with Gasteiger partial charge in [-0.2, -0.15) is 0 Å². The number of nitrogens with two attached hydrogens (primary N) is 1. The number of aliphatic hydroxyl groups is 1. The third-order valence-corrected chi connectivity index (χ3v) is 6.69. The van der Waals surface area contributed by atoms with E-state index in [0.29, 0.717) is 29.1 Å². The smallest absolute Gasteiger partial charge is 0.252 e. The fraction of sp³-hybridized carbons (Fsp3) is 0.550. The van der Waals surface area contributed by atoms with E-state index >= 15 is 0 Å². The van der Waals surface area contributed by atoms with Gasteiger partial charge < -0.3 is 15.6 Å². The summed E-state index contributed by atoms with van der Waals surface area (Å²) in [4.78, 5) is 11.7. The number of rotatable bonds is 2. The summed E-state index contributed by atoms with van der Waals surface area (Å²) in [5, 5.41) is 10.8. The lowest BCUT2D eigenvalue weighted by molar-refractivity contribution is 0.0311. The minimum atomic E-state index is -0.534. The van der Waals surface area contributed by atoms with Crippen molar-refractivity contribution in [3.05, 3.63) is 41.0 Å². The summed E-state index contributed by atoms with van der Waals surface area (Å²) in [6, 6.07) is 3.69. The first-order valence-electron chi connectivity index (χ1n) is 8.82. The number of fused-ring (bicyclic) bond motifs is 5. The number of amides is 1. The fourth-order valence-electron chi connectivity index (χ4n) is 5.45. The molecule has 0 saturated heterocycles. The second-order valence-corrected chi connectivity index (χ2v) is 7.86. The third-order valence-electron chi connectivity index (χ3n) is 6.69. The number of primary amides is 1. The summed E-state index contributed by atoms with van der Waals surface area (Å²) in [5.74, 6) is 1.51. The molecule has 1 saturated carbocycles. The minimum absolute atomic E-state index is 0.273. The molecule has 0 radical (unpaired) electrons. The van der Waals surface area contributed by atoms with Crippen LogP contribution < -0.4 is 10.5 Å². The van der Waals surface area contributed by atoms with Crippen molar-refractivity contribution in [2.24, 2.45) is 23.0 Å². The highest BCUT2D eigenvalue weighted by atomic mass is 16.5. The minimum Gasteiger partial charge on any atom is -0.496 e. The van der Waals surface area contributed by atoms with Crippen LogP contribution in [0.25, 0.3) is 0 Å². The number of methoxy groups -OCH3 is 1. The van der Waals surface area contributed by atoms with Crippen LogP contribution in [-0.4, -0.2) is 18.1 Å². The first-order valence-corrected chi connectivity index (χ1v) is 8.82. The van der Waals surface area contributed by atoms with Crippen molar-refractivity contribution in [2.75, 3.05) is 7.11 Å². The molecule has 3 aliphatic carbocycles. The number of allylic oxidation sites excluding steroid dienone is 2. The Morgan fingerprint density at radius 3 is 2.88 bits per heavy atom. The molecule has 0 heterocycles. The molecule has 3 aliphatic rings. The number of hydrogen-bond donors (Lipinski definition) is 2. The first-order chi connectivity index (χ1) is 11.4. The van der Waals surface area contributed by atoms with Gasteiger partial charge in [0, 0.05) is 0 Å². The van der Waals surface area contributed by atoms with Crippen molar-refractivity contribution >= 4 is 5.91 Å². The molecule has 3 unspecified atom stereocenters. The van der Waals surface area contributed by atoms with E-state index in [-0.39, 0.29) is 5.41 Å². The van der Waals surface area contributed by atoms with Crippen LogP contribution in [0.1, 0.15) is 66.1 Å². The Labute approximate surface area is 142 Å². The maximum absolute atomic E-state index is 11.7. The monoisotopic (exact) mass is 327 g/mol. The maximum atomic E-state index is 11.7. The topological polar surface area (TPSA) is 72.5 Å². The van der Waals surface area contributed by atoms with E-state index in [4.69, 9.17) is 10.5 Å². The van der Waals surface area contributed by atoms with Gasteiger partial charge in [0.05, 0.1) is 18.8 Å². The zero-order valence-electron chi connectivity index (χ0n) is 14.3. The molecule has 4 heteroatoms. The van der Waals surface area contributed by atoms with Gasteiger partial charge in [-0.05, 0) is 72.1 Å². The van der Waals surface area contributed by atoms with Gasteiger partial charge in [0.1, 0.15) is 5.75 Å². The SMILES string of the molecule is COc1cc2c(cc1C(N)=O)[C@H](O)CC1C2CC[C@]2(C)C=CCC12. The molecule has 5 atom stereocenters. The Morgan fingerprint density at radius 2 is 2.17 bits per heavy atom. The molecule has 0 aromatic heterocycles. The lowest BCUT2D eigenvalue weighted by atomic mass is 9.55. The van der Waals surface area contributed by atoms with Gasteiger partial charge in [0.25, 0.3) is 5.91 Å². The standard InChI is InChI=1S/C20H25NO3/c1-20-6-3-4-16(20)13-9-17(22)14-8-15(19(21)23)18(24-2)10-12(14)11(13)5-7-20/h3,6,8,10-11,13,16-17,22H,4-5,7,9H2,1-2H3,(H2,21,23)/t11?,13?,16?,17-,20+/m1/s1. The van der Waals surface area contributed by atoms with Crippen molar-refractivity contribution in [1.82, 2.24) is 0 Å². The van der Waals surface area contributed by atoms with Crippen LogP contribution in [0.15, 0.2) is 24.3 Å². The molecule has 0 aliphatic heterocycles. The second-order valence-electron chi connectivity index (χ2n) is 7.86. The summed E-state index contributed by atoms with van der Waals surface area (Å²) in [6.07, 6.45) is 8.32. The quantitative estimate of drug-likeness (QED) is 0.819. The van der Waals surface area contributed by atoms with Gasteiger partial charge in [-0.3, -0.25) is 4.79 Å². The van der Waals surface area contributed by atoms with Gasteiger partial charge in [0.15, 0.2) is 0 Å². The molecule has 128 valence electrons. The molecule has 1 fully saturated rings. The number of ether oxygens (including phenoxy) is 1. The van der Waals surface area contributed by atoms with E-state index < -0.39 is 12.0 Å². The Kier molecular flexibility index (Phi) is 3.50. The Morgan fingerprint density at radius 1 is 1.38 bits per heavy atom. The summed E-state index contributed by atoms with van der Waals surface area (Å²) < 4.78 is 5.40. The molecule has 1 aromatic rings. The molecule has 4 nitrogen and oxygen atoms in total. The molecule has 0 spiro atoms. The van der Waals surface area contributed by atoms with Gasteiger partial charge in [-0.1, -0.05) is 19.1 Å². The fourth-order valence-corrected chi connectivity index (χ4v) is 5.45. The van der Waals surface area contributed by atoms with Crippen LogP contribution >= 0.6 is 0 Å². The van der Waals surface area contributed by atoms with Gasteiger partial charge in [0.2, 0.25) is 0 Å². The number of carbonyl (C=O) groups is 1. The Bertz CT molecular complexity index is 726. The molecule has 1 amide bonds. The van der Waals surface area contributed by atoms with E-state index in [2.05, 4.69) is 19.1 Å². The van der Waals surface area contributed by atoms with Crippen LogP contribution in [-0.2, 0) is 0 Å². The predicted octanol–water partition coefficient (Wildman–Crippen LogP) is 3.31. The average Bonchev–Trinajstić information content (AvgIpc) is 2.96. The number of aliphatic hydroxyl groups excluding tert-OH is 1. The summed E-state index contributed by atoms with van der Waals surface area (Å²) in [7, 11) is 1.56. The van der Waals surface area contributed by atoms with E-state index in [1.807, 2.05) is 6.07 Å². The highest BCUT2D eigenvalue weighted by Gasteiger charge is 2.50. The lowest BCUT2D eigenvalue weighted by Crippen LogP contribution is -2.40. The molecule has 1 aromatic carbocycles. The predicted molar refractivity (Wildman–Crippen MR) is 91.9 cm³/mol. The third kappa shape index (κ3) is 2.12.